The molecule has 0 aliphatic carbocycles. The first-order chi connectivity index (χ1) is 10.2. The largest absolute Gasteiger partial charge is 0.360 e. The predicted octanol–water partition coefficient (Wildman–Crippen LogP) is 2.25. The third kappa shape index (κ3) is 3.58. The molecule has 0 bridgehead atoms. The minimum atomic E-state index is 0.214. The Morgan fingerprint density at radius 1 is 1.33 bits per heavy atom. The molecule has 0 saturated carbocycles. The summed E-state index contributed by atoms with van der Waals surface area (Å²) in [6.07, 6.45) is 5.85. The lowest BCUT2D eigenvalue weighted by molar-refractivity contribution is -0.133. The second-order valence-corrected chi connectivity index (χ2v) is 6.63. The molecule has 21 heavy (non-hydrogen) atoms. The lowest BCUT2D eigenvalue weighted by Gasteiger charge is -2.44. The topological polar surface area (TPSA) is 58.4 Å². The van der Waals surface area contributed by atoms with Gasteiger partial charge in [-0.2, -0.15) is 0 Å². The van der Waals surface area contributed by atoms with Crippen molar-refractivity contribution in [1.82, 2.24) is 15.4 Å². The average molecular weight is 312 g/mol. The second kappa shape index (κ2) is 6.36. The third-order valence-corrected chi connectivity index (χ3v) is 5.13. The van der Waals surface area contributed by atoms with E-state index >= 15 is 0 Å². The van der Waals surface area contributed by atoms with Crippen molar-refractivity contribution in [3.8, 4) is 0 Å². The summed E-state index contributed by atoms with van der Waals surface area (Å²) >= 11 is 5.70. The smallest absolute Gasteiger partial charge is 0.223 e. The first-order valence-electron chi connectivity index (χ1n) is 7.77. The highest BCUT2D eigenvalue weighted by molar-refractivity contribution is 6.29. The summed E-state index contributed by atoms with van der Waals surface area (Å²) in [5.74, 6) is 0.895. The van der Waals surface area contributed by atoms with Crippen molar-refractivity contribution in [2.75, 3.05) is 26.2 Å². The lowest BCUT2D eigenvalue weighted by Crippen LogP contribution is -2.47. The molecule has 1 spiro atoms. The Bertz CT molecular complexity index is 487. The number of carbonyl (C=O) groups is 1. The number of carbonyl (C=O) groups excluding carboxylic acids is 1. The first kappa shape index (κ1) is 14.9. The van der Waals surface area contributed by atoms with Gasteiger partial charge >= 0.3 is 0 Å². The van der Waals surface area contributed by atoms with Crippen LogP contribution in [0.15, 0.2) is 10.6 Å². The maximum atomic E-state index is 12.3. The molecule has 2 aliphatic heterocycles. The molecule has 0 atom stereocenters. The highest BCUT2D eigenvalue weighted by atomic mass is 35.5. The van der Waals surface area contributed by atoms with Crippen LogP contribution in [0.2, 0.25) is 5.15 Å². The summed E-state index contributed by atoms with van der Waals surface area (Å²) in [6.45, 7) is 4.05. The van der Waals surface area contributed by atoms with E-state index in [1.807, 2.05) is 4.90 Å². The molecule has 6 heteroatoms. The number of aromatic nitrogens is 1. The van der Waals surface area contributed by atoms with Gasteiger partial charge in [0.15, 0.2) is 5.15 Å². The monoisotopic (exact) mass is 311 g/mol. The summed E-state index contributed by atoms with van der Waals surface area (Å²) < 4.78 is 5.03. The Kier molecular flexibility index (Phi) is 4.50. The van der Waals surface area contributed by atoms with Gasteiger partial charge in [-0.05, 0) is 44.2 Å². The van der Waals surface area contributed by atoms with Crippen LogP contribution < -0.4 is 5.32 Å². The van der Waals surface area contributed by atoms with Crippen LogP contribution in [0.1, 0.15) is 37.9 Å². The minimum Gasteiger partial charge on any atom is -0.360 e. The molecule has 2 fully saturated rings. The van der Waals surface area contributed by atoms with Crippen molar-refractivity contribution in [2.45, 2.75) is 38.5 Å². The van der Waals surface area contributed by atoms with Gasteiger partial charge in [0.25, 0.3) is 0 Å². The Hall–Kier alpha value is -1.07. The number of likely N-dealkylation sites (tertiary alicyclic amines) is 1. The zero-order valence-corrected chi connectivity index (χ0v) is 13.0. The summed E-state index contributed by atoms with van der Waals surface area (Å²) in [4.78, 5) is 14.3. The van der Waals surface area contributed by atoms with Gasteiger partial charge in [0.05, 0.1) is 0 Å². The summed E-state index contributed by atoms with van der Waals surface area (Å²) in [5, 5.41) is 7.40. The summed E-state index contributed by atoms with van der Waals surface area (Å²) in [7, 11) is 0. The zero-order valence-electron chi connectivity index (χ0n) is 12.2. The molecular weight excluding hydrogens is 290 g/mol. The molecule has 1 amide bonds. The van der Waals surface area contributed by atoms with Gasteiger partial charge in [-0.3, -0.25) is 4.79 Å². The van der Waals surface area contributed by atoms with E-state index in [4.69, 9.17) is 16.1 Å². The van der Waals surface area contributed by atoms with E-state index in [0.717, 1.165) is 39.0 Å². The van der Waals surface area contributed by atoms with E-state index in [-0.39, 0.29) is 5.91 Å². The van der Waals surface area contributed by atoms with Gasteiger partial charge in [0, 0.05) is 32.0 Å². The normalized spacial score (nSPS) is 21.7. The van der Waals surface area contributed by atoms with Crippen molar-refractivity contribution in [1.29, 1.82) is 0 Å². The van der Waals surface area contributed by atoms with E-state index in [1.54, 1.807) is 6.07 Å². The minimum absolute atomic E-state index is 0.214. The van der Waals surface area contributed by atoms with Gasteiger partial charge in [0.1, 0.15) is 5.76 Å². The highest BCUT2D eigenvalue weighted by Crippen LogP contribution is 2.39. The van der Waals surface area contributed by atoms with Crippen molar-refractivity contribution >= 4 is 17.5 Å². The van der Waals surface area contributed by atoms with Crippen LogP contribution in [0.25, 0.3) is 0 Å². The van der Waals surface area contributed by atoms with Gasteiger partial charge in [-0.15, -0.1) is 0 Å². The molecule has 3 heterocycles. The van der Waals surface area contributed by atoms with E-state index in [9.17, 15) is 4.79 Å². The maximum absolute atomic E-state index is 12.3. The lowest BCUT2D eigenvalue weighted by atomic mass is 9.71. The number of piperidine rings is 2. The molecular formula is C15H22ClN3O2. The fraction of sp³-hybridized carbons (Fsp3) is 0.733. The molecule has 0 aromatic carbocycles. The number of aryl methyl sites for hydroxylation is 1. The van der Waals surface area contributed by atoms with Crippen LogP contribution in [0.3, 0.4) is 0 Å². The van der Waals surface area contributed by atoms with E-state index in [2.05, 4.69) is 10.5 Å². The number of nitrogens with one attached hydrogen (secondary N) is 1. The second-order valence-electron chi connectivity index (χ2n) is 6.25. The van der Waals surface area contributed by atoms with Gasteiger partial charge < -0.3 is 14.7 Å². The van der Waals surface area contributed by atoms with Crippen LogP contribution in [-0.2, 0) is 11.2 Å². The Morgan fingerprint density at radius 3 is 2.67 bits per heavy atom. The zero-order chi connectivity index (χ0) is 14.7. The molecule has 2 saturated heterocycles. The Balaban J connectivity index is 1.46. The fourth-order valence-corrected chi connectivity index (χ4v) is 3.64. The molecule has 1 N–H and O–H groups in total. The van der Waals surface area contributed by atoms with Crippen LogP contribution >= 0.6 is 11.6 Å². The standard InChI is InChI=1S/C15H22ClN3O2/c16-13-11-12(21-18-13)1-2-14(20)19-9-5-15(6-10-19)3-7-17-8-4-15/h11,17H,1-10H2. The van der Waals surface area contributed by atoms with E-state index < -0.39 is 0 Å². The summed E-state index contributed by atoms with van der Waals surface area (Å²) in [5.41, 5.74) is 0.487. The van der Waals surface area contributed by atoms with Gasteiger partial charge in [0.2, 0.25) is 5.91 Å². The van der Waals surface area contributed by atoms with E-state index in [1.165, 1.54) is 12.8 Å². The number of nitrogens with zero attached hydrogens (tertiary/aromatic N) is 2. The van der Waals surface area contributed by atoms with Crippen molar-refractivity contribution < 1.29 is 9.32 Å². The molecule has 2 aliphatic rings. The maximum Gasteiger partial charge on any atom is 0.223 e. The van der Waals surface area contributed by atoms with Crippen molar-refractivity contribution in [2.24, 2.45) is 5.41 Å². The molecule has 5 nitrogen and oxygen atoms in total. The number of rotatable bonds is 3. The van der Waals surface area contributed by atoms with Gasteiger partial charge in [-0.1, -0.05) is 16.8 Å². The van der Waals surface area contributed by atoms with Gasteiger partial charge in [-0.25, -0.2) is 0 Å². The molecule has 0 unspecified atom stereocenters. The Morgan fingerprint density at radius 2 is 2.05 bits per heavy atom. The van der Waals surface area contributed by atoms with Crippen LogP contribution in [0.4, 0.5) is 0 Å². The van der Waals surface area contributed by atoms with Crippen molar-refractivity contribution in [3.05, 3.63) is 17.0 Å². The molecule has 3 rings (SSSR count). The SMILES string of the molecule is O=C(CCc1cc(Cl)no1)N1CCC2(CCNCC2)CC1. The highest BCUT2D eigenvalue weighted by Gasteiger charge is 2.36. The fourth-order valence-electron chi connectivity index (χ4n) is 3.48. The number of hydrogen-bond donors (Lipinski definition) is 1. The number of hydrogen-bond acceptors (Lipinski definition) is 4. The van der Waals surface area contributed by atoms with Crippen LogP contribution in [0, 0.1) is 5.41 Å². The van der Waals surface area contributed by atoms with Crippen molar-refractivity contribution in [3.63, 3.8) is 0 Å². The predicted molar refractivity (Wildman–Crippen MR) is 80.2 cm³/mol. The summed E-state index contributed by atoms with van der Waals surface area (Å²) in [6, 6.07) is 1.68. The third-order valence-electron chi connectivity index (χ3n) is 4.96. The quantitative estimate of drug-likeness (QED) is 0.930. The first-order valence-corrected chi connectivity index (χ1v) is 8.14. The number of amides is 1. The Labute approximate surface area is 130 Å². The van der Waals surface area contributed by atoms with Crippen LogP contribution in [-0.4, -0.2) is 42.1 Å². The average Bonchev–Trinajstić information content (AvgIpc) is 2.92. The van der Waals surface area contributed by atoms with Crippen LogP contribution in [0.5, 0.6) is 0 Å². The molecule has 1 aromatic rings. The molecule has 1 aromatic heterocycles. The molecule has 116 valence electrons. The number of halogens is 1. The van der Waals surface area contributed by atoms with E-state index in [0.29, 0.717) is 29.2 Å². The molecule has 0 radical (unpaired) electrons.